The van der Waals surface area contributed by atoms with E-state index in [-0.39, 0.29) is 0 Å². The fourth-order valence-electron chi connectivity index (χ4n) is 2.85. The van der Waals surface area contributed by atoms with Gasteiger partial charge in [-0.05, 0) is 25.7 Å². The number of ether oxygens (including phenoxy) is 1. The van der Waals surface area contributed by atoms with Crippen molar-refractivity contribution in [3.05, 3.63) is 0 Å². The van der Waals surface area contributed by atoms with Gasteiger partial charge in [0.2, 0.25) is 0 Å². The van der Waals surface area contributed by atoms with Crippen molar-refractivity contribution >= 4 is 15.9 Å². The molecule has 0 bridgehead atoms. The molecule has 1 atom stereocenters. The first-order valence-electron chi connectivity index (χ1n) is 6.32. The van der Waals surface area contributed by atoms with Gasteiger partial charge in [-0.1, -0.05) is 28.8 Å². The number of hydrogen-bond acceptors (Lipinski definition) is 2. The minimum Gasteiger partial charge on any atom is -0.377 e. The molecule has 3 heteroatoms. The molecule has 0 N–H and O–H groups in total. The van der Waals surface area contributed by atoms with Gasteiger partial charge in [0.15, 0.2) is 0 Å². The molecule has 1 aliphatic carbocycles. The Morgan fingerprint density at radius 2 is 1.93 bits per heavy atom. The summed E-state index contributed by atoms with van der Waals surface area (Å²) < 4.78 is 5.73. The largest absolute Gasteiger partial charge is 0.377 e. The Bertz CT molecular complexity index is 176. The minimum absolute atomic E-state index is 0.518. The molecule has 0 amide bonds. The van der Waals surface area contributed by atoms with Gasteiger partial charge in [-0.25, -0.2) is 0 Å². The van der Waals surface area contributed by atoms with E-state index >= 15 is 0 Å². The van der Waals surface area contributed by atoms with Crippen molar-refractivity contribution in [2.75, 3.05) is 25.0 Å². The van der Waals surface area contributed by atoms with E-state index in [1.165, 1.54) is 45.1 Å². The molecule has 15 heavy (non-hydrogen) atoms. The molecule has 1 heterocycles. The van der Waals surface area contributed by atoms with Gasteiger partial charge in [0.1, 0.15) is 0 Å². The van der Waals surface area contributed by atoms with Crippen LogP contribution in [0, 0.1) is 0 Å². The molecular weight excluding hydrogens is 254 g/mol. The standard InChI is InChI=1S/C12H22BrNO/c13-7-8-14(11-4-1-2-5-11)10-12-6-3-9-15-12/h11-12H,1-10H2. The van der Waals surface area contributed by atoms with Gasteiger partial charge in [-0.2, -0.15) is 0 Å². The molecule has 0 aromatic carbocycles. The summed E-state index contributed by atoms with van der Waals surface area (Å²) in [5.74, 6) is 0. The molecule has 1 saturated carbocycles. The summed E-state index contributed by atoms with van der Waals surface area (Å²) in [4.78, 5) is 2.65. The van der Waals surface area contributed by atoms with Gasteiger partial charge in [-0.15, -0.1) is 0 Å². The molecule has 0 aromatic rings. The Morgan fingerprint density at radius 1 is 1.13 bits per heavy atom. The summed E-state index contributed by atoms with van der Waals surface area (Å²) in [6.45, 7) is 3.33. The SMILES string of the molecule is BrCCN(CC1CCCO1)C1CCCC1. The maximum Gasteiger partial charge on any atom is 0.0702 e. The van der Waals surface area contributed by atoms with Gasteiger partial charge in [0, 0.05) is 31.1 Å². The zero-order valence-electron chi connectivity index (χ0n) is 9.46. The highest BCUT2D eigenvalue weighted by atomic mass is 79.9. The molecule has 2 rings (SSSR count). The zero-order valence-corrected chi connectivity index (χ0v) is 11.0. The van der Waals surface area contributed by atoms with Gasteiger partial charge >= 0.3 is 0 Å². The van der Waals surface area contributed by atoms with Crippen molar-refractivity contribution in [3.63, 3.8) is 0 Å². The maximum absolute atomic E-state index is 5.73. The van der Waals surface area contributed by atoms with Crippen LogP contribution in [-0.4, -0.2) is 42.1 Å². The maximum atomic E-state index is 5.73. The van der Waals surface area contributed by atoms with Crippen molar-refractivity contribution in [3.8, 4) is 0 Å². The Morgan fingerprint density at radius 3 is 2.53 bits per heavy atom. The summed E-state index contributed by atoms with van der Waals surface area (Å²) in [7, 11) is 0. The van der Waals surface area contributed by atoms with Crippen molar-refractivity contribution < 1.29 is 4.74 Å². The van der Waals surface area contributed by atoms with Crippen LogP contribution in [0.5, 0.6) is 0 Å². The van der Waals surface area contributed by atoms with Crippen LogP contribution in [0.3, 0.4) is 0 Å². The number of rotatable bonds is 5. The van der Waals surface area contributed by atoms with Crippen LogP contribution >= 0.6 is 15.9 Å². The molecule has 2 aliphatic rings. The first-order chi connectivity index (χ1) is 7.40. The average Bonchev–Trinajstić information content (AvgIpc) is 2.89. The van der Waals surface area contributed by atoms with Gasteiger partial charge in [-0.3, -0.25) is 4.90 Å². The van der Waals surface area contributed by atoms with E-state index in [4.69, 9.17) is 4.74 Å². The summed E-state index contributed by atoms with van der Waals surface area (Å²) in [5, 5.41) is 1.09. The van der Waals surface area contributed by atoms with E-state index in [0.717, 1.165) is 24.5 Å². The summed E-state index contributed by atoms with van der Waals surface area (Å²) in [5.41, 5.74) is 0. The molecule has 0 spiro atoms. The van der Waals surface area contributed by atoms with Crippen LogP contribution in [0.2, 0.25) is 0 Å². The first kappa shape index (κ1) is 11.9. The predicted octanol–water partition coefficient (Wildman–Crippen LogP) is 2.80. The topological polar surface area (TPSA) is 12.5 Å². The Labute approximate surface area is 101 Å². The molecular formula is C12H22BrNO. The molecule has 0 aromatic heterocycles. The van der Waals surface area contributed by atoms with E-state index in [9.17, 15) is 0 Å². The van der Waals surface area contributed by atoms with E-state index in [2.05, 4.69) is 20.8 Å². The Balaban J connectivity index is 1.81. The van der Waals surface area contributed by atoms with E-state index < -0.39 is 0 Å². The smallest absolute Gasteiger partial charge is 0.0702 e. The quantitative estimate of drug-likeness (QED) is 0.716. The second-order valence-electron chi connectivity index (χ2n) is 4.76. The molecule has 88 valence electrons. The molecule has 2 nitrogen and oxygen atoms in total. The lowest BCUT2D eigenvalue weighted by atomic mass is 10.1. The highest BCUT2D eigenvalue weighted by Crippen LogP contribution is 2.25. The lowest BCUT2D eigenvalue weighted by Crippen LogP contribution is -2.40. The summed E-state index contributed by atoms with van der Waals surface area (Å²) in [6, 6.07) is 0.840. The monoisotopic (exact) mass is 275 g/mol. The zero-order chi connectivity index (χ0) is 10.5. The number of halogens is 1. The summed E-state index contributed by atoms with van der Waals surface area (Å²) in [6.07, 6.45) is 8.71. The highest BCUT2D eigenvalue weighted by molar-refractivity contribution is 9.09. The van der Waals surface area contributed by atoms with Gasteiger partial charge in [0.25, 0.3) is 0 Å². The van der Waals surface area contributed by atoms with Crippen LogP contribution in [-0.2, 0) is 4.74 Å². The first-order valence-corrected chi connectivity index (χ1v) is 7.44. The van der Waals surface area contributed by atoms with Gasteiger partial charge in [0.05, 0.1) is 6.10 Å². The number of hydrogen-bond donors (Lipinski definition) is 0. The normalized spacial score (nSPS) is 28.0. The van der Waals surface area contributed by atoms with Crippen LogP contribution in [0.25, 0.3) is 0 Å². The van der Waals surface area contributed by atoms with Crippen LogP contribution in [0.15, 0.2) is 0 Å². The molecule has 2 fully saturated rings. The summed E-state index contributed by atoms with van der Waals surface area (Å²) >= 11 is 3.56. The lowest BCUT2D eigenvalue weighted by Gasteiger charge is -2.30. The third-order valence-electron chi connectivity index (χ3n) is 3.67. The third kappa shape index (κ3) is 3.43. The van der Waals surface area contributed by atoms with Crippen molar-refractivity contribution in [1.82, 2.24) is 4.90 Å². The fraction of sp³-hybridized carbons (Fsp3) is 1.00. The van der Waals surface area contributed by atoms with Crippen molar-refractivity contribution in [2.24, 2.45) is 0 Å². The third-order valence-corrected chi connectivity index (χ3v) is 4.03. The van der Waals surface area contributed by atoms with Crippen LogP contribution < -0.4 is 0 Å². The number of alkyl halides is 1. The Kier molecular flexibility index (Phi) is 4.92. The van der Waals surface area contributed by atoms with E-state index in [1.807, 2.05) is 0 Å². The molecule has 1 saturated heterocycles. The van der Waals surface area contributed by atoms with Crippen LogP contribution in [0.4, 0.5) is 0 Å². The molecule has 1 aliphatic heterocycles. The Hall–Kier alpha value is 0.400. The van der Waals surface area contributed by atoms with Gasteiger partial charge < -0.3 is 4.74 Å². The molecule has 0 radical (unpaired) electrons. The molecule has 1 unspecified atom stereocenters. The van der Waals surface area contributed by atoms with E-state index in [0.29, 0.717) is 6.10 Å². The fourth-order valence-corrected chi connectivity index (χ4v) is 3.31. The highest BCUT2D eigenvalue weighted by Gasteiger charge is 2.26. The average molecular weight is 276 g/mol. The minimum atomic E-state index is 0.518. The second kappa shape index (κ2) is 6.21. The van der Waals surface area contributed by atoms with Crippen molar-refractivity contribution in [2.45, 2.75) is 50.7 Å². The van der Waals surface area contributed by atoms with Crippen LogP contribution in [0.1, 0.15) is 38.5 Å². The lowest BCUT2D eigenvalue weighted by molar-refractivity contribution is 0.0606. The predicted molar refractivity (Wildman–Crippen MR) is 66.6 cm³/mol. The second-order valence-corrected chi connectivity index (χ2v) is 5.55. The van der Waals surface area contributed by atoms with Crippen molar-refractivity contribution in [1.29, 1.82) is 0 Å². The number of nitrogens with zero attached hydrogens (tertiary/aromatic N) is 1. The van der Waals surface area contributed by atoms with E-state index in [1.54, 1.807) is 0 Å².